The number of hydrogen-bond donors (Lipinski definition) is 1. The second-order valence-corrected chi connectivity index (χ2v) is 7.12. The minimum Gasteiger partial charge on any atom is -0.388 e. The molecule has 0 amide bonds. The van der Waals surface area contributed by atoms with Crippen LogP contribution in [0.15, 0.2) is 45.2 Å². The van der Waals surface area contributed by atoms with Crippen molar-refractivity contribution in [1.29, 1.82) is 0 Å². The molecule has 1 aliphatic rings. The molecule has 0 bridgehead atoms. The second kappa shape index (κ2) is 7.18. The molecule has 2 N–H and O–H groups in total. The van der Waals surface area contributed by atoms with Crippen molar-refractivity contribution >= 4 is 23.9 Å². The van der Waals surface area contributed by atoms with Crippen molar-refractivity contribution in [3.8, 4) is 0 Å². The number of aliphatic imine (C=N–C) groups is 2. The Morgan fingerprint density at radius 3 is 2.64 bits per heavy atom. The molecule has 22 heavy (non-hydrogen) atoms. The van der Waals surface area contributed by atoms with Crippen LogP contribution in [0.1, 0.15) is 27.7 Å². The molecule has 1 heterocycles. The maximum absolute atomic E-state index is 5.77. The highest BCUT2D eigenvalue weighted by molar-refractivity contribution is 8.00. The lowest BCUT2D eigenvalue weighted by Gasteiger charge is -2.38. The SMILES string of the molecule is CCN1C=NC(CN=C(C)N)(C(C)C)C1Sc1ccccc1. The molecule has 0 aliphatic carbocycles. The fourth-order valence-electron chi connectivity index (χ4n) is 2.63. The molecule has 4 nitrogen and oxygen atoms in total. The van der Waals surface area contributed by atoms with Gasteiger partial charge in [-0.15, -0.1) is 0 Å². The van der Waals surface area contributed by atoms with Crippen LogP contribution in [-0.4, -0.2) is 41.1 Å². The van der Waals surface area contributed by atoms with Crippen molar-refractivity contribution in [3.05, 3.63) is 30.3 Å². The lowest BCUT2D eigenvalue weighted by molar-refractivity contribution is 0.257. The van der Waals surface area contributed by atoms with Gasteiger partial charge in [-0.25, -0.2) is 0 Å². The Bertz CT molecular complexity index is 537. The third-order valence-corrected chi connectivity index (χ3v) is 5.56. The molecule has 0 fully saturated rings. The van der Waals surface area contributed by atoms with Gasteiger partial charge in [0.05, 0.1) is 18.7 Å². The minimum absolute atomic E-state index is 0.239. The molecule has 1 aromatic carbocycles. The number of nitrogens with two attached hydrogens (primary N) is 1. The fraction of sp³-hybridized carbons (Fsp3) is 0.529. The third-order valence-electron chi connectivity index (χ3n) is 4.11. The molecule has 2 atom stereocenters. The van der Waals surface area contributed by atoms with Crippen molar-refractivity contribution in [2.24, 2.45) is 21.6 Å². The first kappa shape index (κ1) is 16.9. The predicted molar refractivity (Wildman–Crippen MR) is 96.7 cm³/mol. The highest BCUT2D eigenvalue weighted by Crippen LogP contribution is 2.42. The molecule has 0 saturated heterocycles. The molecule has 5 heteroatoms. The zero-order chi connectivity index (χ0) is 16.2. The summed E-state index contributed by atoms with van der Waals surface area (Å²) in [6.07, 6.45) is 1.99. The summed E-state index contributed by atoms with van der Waals surface area (Å²) in [6, 6.07) is 10.5. The number of thioether (sulfide) groups is 1. The number of benzene rings is 1. The molecule has 1 aliphatic heterocycles. The fourth-order valence-corrected chi connectivity index (χ4v) is 4.15. The van der Waals surface area contributed by atoms with E-state index in [4.69, 9.17) is 10.7 Å². The van der Waals surface area contributed by atoms with Gasteiger partial charge in [0, 0.05) is 11.4 Å². The zero-order valence-electron chi connectivity index (χ0n) is 13.9. The summed E-state index contributed by atoms with van der Waals surface area (Å²) in [7, 11) is 0. The van der Waals surface area contributed by atoms with Gasteiger partial charge in [0.2, 0.25) is 0 Å². The van der Waals surface area contributed by atoms with Gasteiger partial charge in [-0.05, 0) is 31.9 Å². The Balaban J connectivity index is 2.32. The third kappa shape index (κ3) is 3.46. The van der Waals surface area contributed by atoms with Gasteiger partial charge in [-0.3, -0.25) is 9.98 Å². The Morgan fingerprint density at radius 2 is 2.09 bits per heavy atom. The number of rotatable bonds is 6. The second-order valence-electron chi connectivity index (χ2n) is 5.96. The number of nitrogens with zero attached hydrogens (tertiary/aromatic N) is 3. The van der Waals surface area contributed by atoms with E-state index in [0.29, 0.717) is 18.3 Å². The number of likely N-dealkylation sites (N-methyl/N-ethyl adjacent to an activating group) is 1. The van der Waals surface area contributed by atoms with Crippen LogP contribution in [0.5, 0.6) is 0 Å². The molecular formula is C17H26N4S. The molecule has 0 aromatic heterocycles. The van der Waals surface area contributed by atoms with Crippen molar-refractivity contribution in [2.45, 2.75) is 43.5 Å². The smallest absolute Gasteiger partial charge is 0.114 e. The van der Waals surface area contributed by atoms with Gasteiger partial charge >= 0.3 is 0 Å². The Morgan fingerprint density at radius 1 is 1.41 bits per heavy atom. The standard InChI is InChI=1S/C17H26N4S/c1-5-21-12-20-17(13(2)3,11-19-14(4)18)16(21)22-15-9-7-6-8-10-15/h6-10,12-13,16H,5,11H2,1-4H3,(H2,18,19). The van der Waals surface area contributed by atoms with E-state index in [1.165, 1.54) is 4.90 Å². The molecule has 2 unspecified atom stereocenters. The minimum atomic E-state index is -0.239. The lowest BCUT2D eigenvalue weighted by Crippen LogP contribution is -2.49. The maximum Gasteiger partial charge on any atom is 0.114 e. The first-order chi connectivity index (χ1) is 10.5. The summed E-state index contributed by atoms with van der Waals surface area (Å²) in [4.78, 5) is 13.0. The molecule has 0 saturated carbocycles. The van der Waals surface area contributed by atoms with Crippen LogP contribution in [0.2, 0.25) is 0 Å². The largest absolute Gasteiger partial charge is 0.388 e. The van der Waals surface area contributed by atoms with E-state index in [9.17, 15) is 0 Å². The molecule has 0 radical (unpaired) electrons. The van der Waals surface area contributed by atoms with E-state index in [1.54, 1.807) is 0 Å². The van der Waals surface area contributed by atoms with Gasteiger partial charge < -0.3 is 10.6 Å². The van der Waals surface area contributed by atoms with Gasteiger partial charge in [0.15, 0.2) is 0 Å². The van der Waals surface area contributed by atoms with Crippen LogP contribution in [0.4, 0.5) is 0 Å². The maximum atomic E-state index is 5.77. The van der Waals surface area contributed by atoms with E-state index in [0.717, 1.165) is 6.54 Å². The highest BCUT2D eigenvalue weighted by Gasteiger charge is 2.47. The first-order valence-corrected chi connectivity index (χ1v) is 8.67. The van der Waals surface area contributed by atoms with Crippen molar-refractivity contribution in [1.82, 2.24) is 4.90 Å². The van der Waals surface area contributed by atoms with Crippen LogP contribution in [0.3, 0.4) is 0 Å². The van der Waals surface area contributed by atoms with E-state index in [-0.39, 0.29) is 10.9 Å². The Labute approximate surface area is 137 Å². The van der Waals surface area contributed by atoms with Crippen molar-refractivity contribution in [2.75, 3.05) is 13.1 Å². The van der Waals surface area contributed by atoms with Gasteiger partial charge in [0.25, 0.3) is 0 Å². The predicted octanol–water partition coefficient (Wildman–Crippen LogP) is 3.24. The topological polar surface area (TPSA) is 54.0 Å². The van der Waals surface area contributed by atoms with Crippen LogP contribution < -0.4 is 5.73 Å². The van der Waals surface area contributed by atoms with E-state index < -0.39 is 0 Å². The van der Waals surface area contributed by atoms with Crippen LogP contribution in [0.25, 0.3) is 0 Å². The molecule has 2 rings (SSSR count). The van der Waals surface area contributed by atoms with Crippen LogP contribution in [-0.2, 0) is 0 Å². The summed E-state index contributed by atoms with van der Waals surface area (Å²) < 4.78 is 0. The van der Waals surface area contributed by atoms with Crippen molar-refractivity contribution < 1.29 is 0 Å². The summed E-state index contributed by atoms with van der Waals surface area (Å²) in [5.41, 5.74) is 5.53. The molecule has 120 valence electrons. The molecular weight excluding hydrogens is 292 g/mol. The van der Waals surface area contributed by atoms with E-state index in [2.05, 4.69) is 54.9 Å². The average Bonchev–Trinajstić information content (AvgIpc) is 2.85. The van der Waals surface area contributed by atoms with Gasteiger partial charge in [-0.2, -0.15) is 0 Å². The Hall–Kier alpha value is -1.49. The first-order valence-electron chi connectivity index (χ1n) is 7.79. The average molecular weight is 318 g/mol. The summed E-state index contributed by atoms with van der Waals surface area (Å²) >= 11 is 1.86. The van der Waals surface area contributed by atoms with Gasteiger partial charge in [0.1, 0.15) is 10.9 Å². The Kier molecular flexibility index (Phi) is 5.51. The van der Waals surface area contributed by atoms with E-state index >= 15 is 0 Å². The lowest BCUT2D eigenvalue weighted by atomic mass is 9.87. The monoisotopic (exact) mass is 318 g/mol. The van der Waals surface area contributed by atoms with Crippen LogP contribution in [0, 0.1) is 5.92 Å². The quantitative estimate of drug-likeness (QED) is 0.647. The summed E-state index contributed by atoms with van der Waals surface area (Å²) in [5, 5.41) is 0.239. The normalized spacial score (nSPS) is 25.2. The van der Waals surface area contributed by atoms with Crippen LogP contribution >= 0.6 is 11.8 Å². The zero-order valence-corrected chi connectivity index (χ0v) is 14.7. The molecule has 1 aromatic rings. The highest BCUT2D eigenvalue weighted by atomic mass is 32.2. The van der Waals surface area contributed by atoms with Crippen molar-refractivity contribution in [3.63, 3.8) is 0 Å². The van der Waals surface area contributed by atoms with Gasteiger partial charge in [-0.1, -0.05) is 43.8 Å². The number of amidine groups is 1. The molecule has 0 spiro atoms. The summed E-state index contributed by atoms with van der Waals surface area (Å²) in [5.74, 6) is 0.998. The van der Waals surface area contributed by atoms with E-state index in [1.807, 2.05) is 31.1 Å². The number of hydrogen-bond acceptors (Lipinski definition) is 4. The summed E-state index contributed by atoms with van der Waals surface area (Å²) in [6.45, 7) is 10.0.